The normalized spacial score (nSPS) is 25.6. The fraction of sp³-hybridized carbons (Fsp3) is 0.389. The van der Waals surface area contributed by atoms with Crippen molar-refractivity contribution >= 4 is 63.3 Å². The number of urea groups is 1. The standard InChI is InChI=1S/C18H20ClN7O10S2/c19-7-4-9(28)8(27)3-6(7)11(38(34,35)36)12(29)22-10-13(30)24-5-18(15(31)32,37-14(10)24)25-1-2-26(17(25)33)23-16(20)21/h3-4,10-11,14,27-28H,1-2,5H2,(H,22,29)(H,31,32)(H4,20,21,23)(H,34,35,36)/t10?,11-,14?,18-/m1/s1. The quantitative estimate of drug-likeness (QED) is 0.0581. The zero-order valence-electron chi connectivity index (χ0n) is 18.9. The number of carboxylic acids is 1. The highest BCUT2D eigenvalue weighted by molar-refractivity contribution is 8.02. The van der Waals surface area contributed by atoms with E-state index in [4.69, 9.17) is 23.1 Å². The molecular weight excluding hydrogens is 574 g/mol. The van der Waals surface area contributed by atoms with Gasteiger partial charge in [-0.25, -0.2) is 14.6 Å². The van der Waals surface area contributed by atoms with E-state index in [2.05, 4.69) is 10.4 Å². The molecule has 3 saturated heterocycles. The van der Waals surface area contributed by atoms with Crippen LogP contribution in [0.2, 0.25) is 5.02 Å². The van der Waals surface area contributed by atoms with Crippen molar-refractivity contribution in [2.75, 3.05) is 19.6 Å². The lowest BCUT2D eigenvalue weighted by molar-refractivity contribution is -0.151. The van der Waals surface area contributed by atoms with Crippen molar-refractivity contribution in [3.63, 3.8) is 0 Å². The number of aromatic hydroxyl groups is 2. The Balaban J connectivity index is 1.59. The smallest absolute Gasteiger partial charge is 0.342 e. The number of rotatable bonds is 7. The van der Waals surface area contributed by atoms with Crippen LogP contribution in [0.25, 0.3) is 0 Å². The van der Waals surface area contributed by atoms with Gasteiger partial charge in [0.05, 0.1) is 13.1 Å². The molecule has 9 N–H and O–H groups in total. The van der Waals surface area contributed by atoms with Crippen LogP contribution in [0.3, 0.4) is 0 Å². The van der Waals surface area contributed by atoms with Gasteiger partial charge in [-0.05, 0) is 6.07 Å². The number of aliphatic carboxylic acids is 1. The second-order valence-electron chi connectivity index (χ2n) is 8.39. The maximum atomic E-state index is 13.0. The zero-order valence-corrected chi connectivity index (χ0v) is 21.3. The molecule has 0 aliphatic carbocycles. The Kier molecular flexibility index (Phi) is 6.66. The molecule has 4 rings (SSSR count). The first kappa shape index (κ1) is 27.4. The Morgan fingerprint density at radius 2 is 1.84 bits per heavy atom. The van der Waals surface area contributed by atoms with Crippen LogP contribution in [0.15, 0.2) is 17.2 Å². The van der Waals surface area contributed by atoms with Gasteiger partial charge in [0.1, 0.15) is 11.4 Å². The van der Waals surface area contributed by atoms with E-state index in [1.807, 2.05) is 0 Å². The summed E-state index contributed by atoms with van der Waals surface area (Å²) >= 11 is 6.57. The van der Waals surface area contributed by atoms with Crippen molar-refractivity contribution in [1.29, 1.82) is 0 Å². The van der Waals surface area contributed by atoms with Crippen LogP contribution in [-0.4, -0.2) is 109 Å². The number of nitrogens with zero attached hydrogens (tertiary/aromatic N) is 4. The van der Waals surface area contributed by atoms with E-state index in [-0.39, 0.29) is 13.1 Å². The van der Waals surface area contributed by atoms with Crippen LogP contribution in [0.4, 0.5) is 4.79 Å². The second-order valence-corrected chi connectivity index (χ2v) is 11.7. The summed E-state index contributed by atoms with van der Waals surface area (Å²) in [5.41, 5.74) is 9.99. The number of hydrazone groups is 1. The summed E-state index contributed by atoms with van der Waals surface area (Å²) in [7, 11) is -5.22. The molecular formula is C18H20ClN7O10S2. The Morgan fingerprint density at radius 1 is 1.21 bits per heavy atom. The number of carboxylic acid groups (broad SMARTS) is 1. The summed E-state index contributed by atoms with van der Waals surface area (Å²) in [5.74, 6) is -5.64. The number of phenolic OH excluding ortho intramolecular Hbond substituents is 2. The van der Waals surface area contributed by atoms with Crippen LogP contribution in [0, 0.1) is 0 Å². The predicted octanol–water partition coefficient (Wildman–Crippen LogP) is -2.21. The molecule has 38 heavy (non-hydrogen) atoms. The molecule has 1 aromatic rings. The lowest BCUT2D eigenvalue weighted by atomic mass is 10.0. The van der Waals surface area contributed by atoms with Crippen molar-refractivity contribution in [1.82, 2.24) is 20.1 Å². The number of guanidine groups is 1. The number of carbonyl (C=O) groups is 4. The molecule has 4 amide bonds. The Morgan fingerprint density at radius 3 is 2.42 bits per heavy atom. The van der Waals surface area contributed by atoms with Crippen LogP contribution < -0.4 is 16.8 Å². The number of phenols is 2. The molecule has 1 aromatic carbocycles. The number of fused-ring (bicyclic) bond motifs is 1. The van der Waals surface area contributed by atoms with E-state index >= 15 is 0 Å². The van der Waals surface area contributed by atoms with Gasteiger partial charge in [-0.1, -0.05) is 23.4 Å². The molecule has 17 nitrogen and oxygen atoms in total. The fourth-order valence-electron chi connectivity index (χ4n) is 4.33. The Hall–Kier alpha value is -3.68. The molecule has 3 aliphatic heterocycles. The van der Waals surface area contributed by atoms with Crippen molar-refractivity contribution in [2.24, 2.45) is 16.6 Å². The number of amides is 4. The van der Waals surface area contributed by atoms with Crippen LogP contribution in [0.1, 0.15) is 10.8 Å². The summed E-state index contributed by atoms with van der Waals surface area (Å²) in [5, 5.41) is 32.0. The second kappa shape index (κ2) is 9.26. The SMILES string of the molecule is NC(N)=NN1CCN([C@]2(C(=O)O)CN3C(=O)C(NC(=O)[C@@H](c4cc(O)c(O)cc4Cl)S(=O)(=O)O)C3S2)C1=O. The molecule has 3 heterocycles. The Labute approximate surface area is 222 Å². The van der Waals surface area contributed by atoms with E-state index in [1.54, 1.807) is 0 Å². The van der Waals surface area contributed by atoms with Gasteiger partial charge in [-0.15, -0.1) is 5.10 Å². The summed E-state index contributed by atoms with van der Waals surface area (Å²) in [6.07, 6.45) is 0. The van der Waals surface area contributed by atoms with Crippen molar-refractivity contribution in [3.05, 3.63) is 22.7 Å². The molecule has 2 unspecified atom stereocenters. The molecule has 0 spiro atoms. The number of hydrogen-bond donors (Lipinski definition) is 7. The zero-order chi connectivity index (χ0) is 28.3. The molecule has 4 atom stereocenters. The minimum Gasteiger partial charge on any atom is -0.504 e. The largest absolute Gasteiger partial charge is 0.504 e. The van der Waals surface area contributed by atoms with E-state index in [0.717, 1.165) is 20.9 Å². The van der Waals surface area contributed by atoms with E-state index in [0.29, 0.717) is 17.8 Å². The number of nitrogens with two attached hydrogens (primary N) is 2. The topological polar surface area (TPSA) is 269 Å². The van der Waals surface area contributed by atoms with E-state index in [1.165, 1.54) is 0 Å². The number of halogens is 1. The van der Waals surface area contributed by atoms with Gasteiger partial charge < -0.3 is 37.0 Å². The van der Waals surface area contributed by atoms with Gasteiger partial charge in [0.15, 0.2) is 16.7 Å². The first-order valence-corrected chi connectivity index (χ1v) is 13.2. The number of hydrogen-bond acceptors (Lipinski definition) is 10. The van der Waals surface area contributed by atoms with Crippen LogP contribution in [0.5, 0.6) is 11.5 Å². The molecule has 0 radical (unpaired) electrons. The third-order valence-electron chi connectivity index (χ3n) is 6.05. The van der Waals surface area contributed by atoms with Crippen LogP contribution in [-0.2, 0) is 24.5 Å². The predicted molar refractivity (Wildman–Crippen MR) is 129 cm³/mol. The first-order chi connectivity index (χ1) is 17.6. The molecule has 0 bridgehead atoms. The molecule has 0 aromatic heterocycles. The van der Waals surface area contributed by atoms with Gasteiger partial charge in [0.2, 0.25) is 22.6 Å². The maximum Gasteiger partial charge on any atom is 0.342 e. The number of benzene rings is 1. The maximum absolute atomic E-state index is 13.0. The van der Waals surface area contributed by atoms with E-state index in [9.17, 15) is 47.5 Å². The minimum atomic E-state index is -5.22. The molecule has 3 aliphatic rings. The summed E-state index contributed by atoms with van der Waals surface area (Å²) in [6, 6.07) is -0.863. The average molecular weight is 594 g/mol. The monoisotopic (exact) mass is 593 g/mol. The van der Waals surface area contributed by atoms with Gasteiger partial charge in [0, 0.05) is 23.2 Å². The lowest BCUT2D eigenvalue weighted by Gasteiger charge is -2.41. The van der Waals surface area contributed by atoms with Crippen molar-refractivity contribution in [2.45, 2.75) is 21.5 Å². The summed E-state index contributed by atoms with van der Waals surface area (Å²) in [6.45, 7) is -0.598. The van der Waals surface area contributed by atoms with Gasteiger partial charge in [-0.3, -0.25) is 19.0 Å². The average Bonchev–Trinajstić information content (AvgIpc) is 3.34. The summed E-state index contributed by atoms with van der Waals surface area (Å²) in [4.78, 5) is 51.0. The molecule has 20 heteroatoms. The minimum absolute atomic E-state index is 0.0403. The highest BCUT2D eigenvalue weighted by atomic mass is 35.5. The fourth-order valence-corrected chi connectivity index (χ4v) is 7.16. The number of β-lactam (4-membered cyclic amide) rings is 1. The van der Waals surface area contributed by atoms with Gasteiger partial charge in [-0.2, -0.15) is 8.42 Å². The molecule has 0 saturated carbocycles. The summed E-state index contributed by atoms with van der Waals surface area (Å²) < 4.78 is 33.8. The molecule has 3 fully saturated rings. The van der Waals surface area contributed by atoms with Crippen molar-refractivity contribution in [3.8, 4) is 11.5 Å². The lowest BCUT2D eigenvalue weighted by Crippen LogP contribution is -2.68. The van der Waals surface area contributed by atoms with Crippen LogP contribution >= 0.6 is 23.4 Å². The van der Waals surface area contributed by atoms with E-state index < -0.39 is 90.1 Å². The first-order valence-electron chi connectivity index (χ1n) is 10.5. The van der Waals surface area contributed by atoms with Gasteiger partial charge in [0.25, 0.3) is 10.1 Å². The Bertz CT molecular complexity index is 1390. The highest BCUT2D eigenvalue weighted by Crippen LogP contribution is 2.50. The number of nitrogens with one attached hydrogen (secondary N) is 1. The third-order valence-corrected chi connectivity index (χ3v) is 9.12. The van der Waals surface area contributed by atoms with Crippen molar-refractivity contribution < 1.29 is 47.5 Å². The highest BCUT2D eigenvalue weighted by Gasteiger charge is 2.66. The number of carbonyl (C=O) groups excluding carboxylic acids is 3. The third kappa shape index (κ3) is 4.36. The molecule has 206 valence electrons. The number of thioether (sulfide) groups is 1. The van der Waals surface area contributed by atoms with Gasteiger partial charge >= 0.3 is 12.0 Å².